The fourth-order valence-electron chi connectivity index (χ4n) is 1.99. The number of anilines is 1. The van der Waals surface area contributed by atoms with E-state index in [-0.39, 0.29) is 29.0 Å². The Kier molecular flexibility index (Phi) is 5.42. The third kappa shape index (κ3) is 4.25. The second kappa shape index (κ2) is 7.50. The van der Waals surface area contributed by atoms with E-state index in [9.17, 15) is 14.7 Å². The summed E-state index contributed by atoms with van der Waals surface area (Å²) in [5, 5.41) is 21.0. The number of amides is 1. The minimum atomic E-state index is -1.27. The molecule has 0 radical (unpaired) electrons. The van der Waals surface area contributed by atoms with Crippen LogP contribution in [0.2, 0.25) is 0 Å². The van der Waals surface area contributed by atoms with E-state index in [1.807, 2.05) is 13.8 Å². The first-order valence-electron chi connectivity index (χ1n) is 7.55. The summed E-state index contributed by atoms with van der Waals surface area (Å²) in [5.74, 6) is -1.33. The van der Waals surface area contributed by atoms with E-state index in [2.05, 4.69) is 5.32 Å². The molecule has 0 saturated heterocycles. The van der Waals surface area contributed by atoms with E-state index in [0.29, 0.717) is 11.3 Å². The Hall–Kier alpha value is -3.02. The molecule has 0 heterocycles. The van der Waals surface area contributed by atoms with Gasteiger partial charge in [-0.25, -0.2) is 4.79 Å². The third-order valence-electron chi connectivity index (χ3n) is 3.51. The molecule has 0 aromatic heterocycles. The van der Waals surface area contributed by atoms with Gasteiger partial charge in [-0.2, -0.15) is 0 Å². The topological polar surface area (TPSA) is 95.9 Å². The lowest BCUT2D eigenvalue weighted by Crippen LogP contribution is -2.13. The molecule has 2 rings (SSSR count). The van der Waals surface area contributed by atoms with Gasteiger partial charge in [0.2, 0.25) is 0 Å². The van der Waals surface area contributed by atoms with E-state index in [4.69, 9.17) is 9.84 Å². The second-order valence-electron chi connectivity index (χ2n) is 5.35. The first kappa shape index (κ1) is 17.3. The molecule has 3 N–H and O–H groups in total. The van der Waals surface area contributed by atoms with Crippen molar-refractivity contribution in [2.24, 2.45) is 0 Å². The van der Waals surface area contributed by atoms with Crippen LogP contribution in [0.15, 0.2) is 42.5 Å². The summed E-state index contributed by atoms with van der Waals surface area (Å²) in [6, 6.07) is 10.5. The van der Waals surface area contributed by atoms with E-state index in [0.717, 1.165) is 6.42 Å². The molecule has 6 heteroatoms. The predicted molar refractivity (Wildman–Crippen MR) is 89.8 cm³/mol. The zero-order chi connectivity index (χ0) is 17.7. The van der Waals surface area contributed by atoms with Crippen LogP contribution in [0, 0.1) is 0 Å². The summed E-state index contributed by atoms with van der Waals surface area (Å²) in [6.45, 7) is 3.99. The normalized spacial score (nSPS) is 11.6. The number of phenols is 1. The lowest BCUT2D eigenvalue weighted by atomic mass is 10.1. The van der Waals surface area contributed by atoms with Crippen molar-refractivity contribution < 1.29 is 24.5 Å². The highest BCUT2D eigenvalue weighted by atomic mass is 16.5. The second-order valence-corrected chi connectivity index (χ2v) is 5.35. The van der Waals surface area contributed by atoms with Crippen LogP contribution < -0.4 is 10.1 Å². The minimum absolute atomic E-state index is 0.0936. The van der Waals surface area contributed by atoms with Gasteiger partial charge in [-0.1, -0.05) is 6.92 Å². The van der Waals surface area contributed by atoms with Gasteiger partial charge in [-0.15, -0.1) is 0 Å². The molecule has 1 atom stereocenters. The monoisotopic (exact) mass is 329 g/mol. The lowest BCUT2D eigenvalue weighted by molar-refractivity contribution is 0.0693. The Balaban J connectivity index is 2.10. The van der Waals surface area contributed by atoms with Gasteiger partial charge < -0.3 is 20.3 Å². The van der Waals surface area contributed by atoms with Crippen molar-refractivity contribution in [2.75, 3.05) is 5.32 Å². The number of hydrogen-bond donors (Lipinski definition) is 3. The van der Waals surface area contributed by atoms with Crippen LogP contribution in [0.5, 0.6) is 11.5 Å². The van der Waals surface area contributed by atoms with Gasteiger partial charge in [0.1, 0.15) is 17.1 Å². The SMILES string of the molecule is CC[C@@H](C)Oc1ccc(C(=O)Nc2ccc(O)c(C(=O)O)c2)cc1. The highest BCUT2D eigenvalue weighted by Crippen LogP contribution is 2.22. The molecule has 2 aromatic carbocycles. The molecule has 2 aromatic rings. The van der Waals surface area contributed by atoms with E-state index in [1.165, 1.54) is 18.2 Å². The van der Waals surface area contributed by atoms with Crippen molar-refractivity contribution in [3.05, 3.63) is 53.6 Å². The summed E-state index contributed by atoms with van der Waals surface area (Å²) in [4.78, 5) is 23.2. The minimum Gasteiger partial charge on any atom is -0.507 e. The number of carboxylic acid groups (broad SMARTS) is 1. The van der Waals surface area contributed by atoms with Crippen LogP contribution in [0.3, 0.4) is 0 Å². The molecular weight excluding hydrogens is 310 g/mol. The molecule has 0 aliphatic carbocycles. The number of nitrogens with one attached hydrogen (secondary N) is 1. The number of carboxylic acids is 1. The molecule has 126 valence electrons. The van der Waals surface area contributed by atoms with Gasteiger partial charge in [0, 0.05) is 11.3 Å². The first-order valence-corrected chi connectivity index (χ1v) is 7.55. The molecule has 0 bridgehead atoms. The van der Waals surface area contributed by atoms with Gasteiger partial charge in [0.05, 0.1) is 6.10 Å². The Bertz CT molecular complexity index is 740. The number of ether oxygens (including phenoxy) is 1. The van der Waals surface area contributed by atoms with Gasteiger partial charge in [0.25, 0.3) is 5.91 Å². The summed E-state index contributed by atoms with van der Waals surface area (Å²) in [6.07, 6.45) is 0.978. The molecule has 0 fully saturated rings. The van der Waals surface area contributed by atoms with Crippen molar-refractivity contribution in [3.8, 4) is 11.5 Å². The van der Waals surface area contributed by atoms with Crippen molar-refractivity contribution in [3.63, 3.8) is 0 Å². The number of carbonyl (C=O) groups excluding carboxylic acids is 1. The summed E-state index contributed by atoms with van der Waals surface area (Å²) in [7, 11) is 0. The Morgan fingerprint density at radius 1 is 1.17 bits per heavy atom. The van der Waals surface area contributed by atoms with Crippen LogP contribution >= 0.6 is 0 Å². The summed E-state index contributed by atoms with van der Waals surface area (Å²) in [5.41, 5.74) is 0.427. The Morgan fingerprint density at radius 3 is 2.42 bits per heavy atom. The summed E-state index contributed by atoms with van der Waals surface area (Å²) < 4.78 is 5.65. The number of rotatable bonds is 6. The fraction of sp³-hybridized carbons (Fsp3) is 0.222. The van der Waals surface area contributed by atoms with Gasteiger partial charge in [-0.3, -0.25) is 4.79 Å². The zero-order valence-corrected chi connectivity index (χ0v) is 13.4. The fourth-order valence-corrected chi connectivity index (χ4v) is 1.99. The molecule has 6 nitrogen and oxygen atoms in total. The lowest BCUT2D eigenvalue weighted by Gasteiger charge is -2.13. The van der Waals surface area contributed by atoms with Crippen LogP contribution in [0.1, 0.15) is 41.0 Å². The molecule has 1 amide bonds. The van der Waals surface area contributed by atoms with Crippen LogP contribution in [-0.4, -0.2) is 28.2 Å². The molecule has 0 saturated carbocycles. The molecule has 0 aliphatic rings. The van der Waals surface area contributed by atoms with Gasteiger partial charge in [0.15, 0.2) is 0 Å². The smallest absolute Gasteiger partial charge is 0.339 e. The number of hydrogen-bond acceptors (Lipinski definition) is 4. The largest absolute Gasteiger partial charge is 0.507 e. The van der Waals surface area contributed by atoms with Crippen molar-refractivity contribution in [1.29, 1.82) is 0 Å². The van der Waals surface area contributed by atoms with Crippen LogP contribution in [0.25, 0.3) is 0 Å². The standard InChI is InChI=1S/C18H19NO5/c1-3-11(2)24-14-7-4-12(5-8-14)17(21)19-13-6-9-16(20)15(10-13)18(22)23/h4-11,20H,3H2,1-2H3,(H,19,21)(H,22,23)/t11-/m1/s1. The number of benzene rings is 2. The average Bonchev–Trinajstić information content (AvgIpc) is 2.56. The van der Waals surface area contributed by atoms with Crippen molar-refractivity contribution >= 4 is 17.6 Å². The van der Waals surface area contributed by atoms with E-state index in [1.54, 1.807) is 24.3 Å². The zero-order valence-electron chi connectivity index (χ0n) is 13.4. The maximum Gasteiger partial charge on any atom is 0.339 e. The molecule has 0 spiro atoms. The van der Waals surface area contributed by atoms with Gasteiger partial charge >= 0.3 is 5.97 Å². The highest BCUT2D eigenvalue weighted by Gasteiger charge is 2.12. The predicted octanol–water partition coefficient (Wildman–Crippen LogP) is 3.52. The van der Waals surface area contributed by atoms with Crippen LogP contribution in [-0.2, 0) is 0 Å². The quantitative estimate of drug-likeness (QED) is 0.705. The average molecular weight is 329 g/mol. The molecule has 0 aliphatic heterocycles. The maximum absolute atomic E-state index is 12.2. The maximum atomic E-state index is 12.2. The number of aromatic carboxylic acids is 1. The molecular formula is C18H19NO5. The third-order valence-corrected chi connectivity index (χ3v) is 3.51. The van der Waals surface area contributed by atoms with E-state index < -0.39 is 5.97 Å². The number of aromatic hydroxyl groups is 1. The van der Waals surface area contributed by atoms with Crippen LogP contribution in [0.4, 0.5) is 5.69 Å². The highest BCUT2D eigenvalue weighted by molar-refractivity contribution is 6.05. The molecule has 24 heavy (non-hydrogen) atoms. The van der Waals surface area contributed by atoms with Gasteiger partial charge in [-0.05, 0) is 55.8 Å². The van der Waals surface area contributed by atoms with E-state index >= 15 is 0 Å². The Labute approximate surface area is 139 Å². The first-order chi connectivity index (χ1) is 11.4. The number of carbonyl (C=O) groups is 2. The van der Waals surface area contributed by atoms with Crippen molar-refractivity contribution in [1.82, 2.24) is 0 Å². The summed E-state index contributed by atoms with van der Waals surface area (Å²) >= 11 is 0. The van der Waals surface area contributed by atoms with Crippen molar-refractivity contribution in [2.45, 2.75) is 26.4 Å². The Morgan fingerprint density at radius 2 is 1.83 bits per heavy atom. The molecule has 0 unspecified atom stereocenters.